The number of nitrogens with zero attached hydrogens (tertiary/aromatic N) is 5. The Balaban J connectivity index is 1.53. The summed E-state index contributed by atoms with van der Waals surface area (Å²) in [5.41, 5.74) is 1.68. The average molecular weight is 393 g/mol. The predicted octanol–water partition coefficient (Wildman–Crippen LogP) is 4.61. The molecule has 0 fully saturated rings. The second-order valence-electron chi connectivity index (χ2n) is 5.88. The fraction of sp³-hybridized carbons (Fsp3) is 0.100. The number of thioether (sulfide) groups is 1. The highest BCUT2D eigenvalue weighted by molar-refractivity contribution is 7.98. The Kier molecular flexibility index (Phi) is 5.29. The number of rotatable bonds is 7. The number of hydrogen-bond donors (Lipinski definition) is 0. The maximum atomic E-state index is 13.2. The van der Waals surface area contributed by atoms with Gasteiger partial charge >= 0.3 is 0 Å². The molecule has 140 valence electrons. The first kappa shape index (κ1) is 18.1. The lowest BCUT2D eigenvalue weighted by molar-refractivity contribution is 0.391. The van der Waals surface area contributed by atoms with Gasteiger partial charge in [-0.3, -0.25) is 4.57 Å². The van der Waals surface area contributed by atoms with Crippen LogP contribution in [0.4, 0.5) is 4.39 Å². The molecule has 0 radical (unpaired) electrons. The van der Waals surface area contributed by atoms with Gasteiger partial charge in [-0.2, -0.15) is 4.98 Å². The monoisotopic (exact) mass is 393 g/mol. The third-order valence-electron chi connectivity index (χ3n) is 3.96. The van der Waals surface area contributed by atoms with E-state index >= 15 is 0 Å². The Labute approximate surface area is 165 Å². The highest BCUT2D eigenvalue weighted by atomic mass is 32.2. The van der Waals surface area contributed by atoms with Gasteiger partial charge in [-0.05, 0) is 24.3 Å². The van der Waals surface area contributed by atoms with Gasteiger partial charge < -0.3 is 4.52 Å². The number of hydrogen-bond acceptors (Lipinski definition) is 6. The van der Waals surface area contributed by atoms with Gasteiger partial charge in [0.1, 0.15) is 5.82 Å². The lowest BCUT2D eigenvalue weighted by Gasteiger charge is -2.07. The van der Waals surface area contributed by atoms with Crippen molar-refractivity contribution in [3.8, 4) is 22.8 Å². The highest BCUT2D eigenvalue weighted by Gasteiger charge is 2.16. The molecule has 0 spiro atoms. The van der Waals surface area contributed by atoms with Crippen LogP contribution in [0.2, 0.25) is 0 Å². The summed E-state index contributed by atoms with van der Waals surface area (Å²) < 4.78 is 20.5. The minimum Gasteiger partial charge on any atom is -0.338 e. The lowest BCUT2D eigenvalue weighted by Crippen LogP contribution is -2.00. The van der Waals surface area contributed by atoms with E-state index in [-0.39, 0.29) is 5.82 Å². The van der Waals surface area contributed by atoms with Gasteiger partial charge in [-0.1, -0.05) is 53.3 Å². The van der Waals surface area contributed by atoms with Crippen LogP contribution in [-0.4, -0.2) is 24.9 Å². The largest absolute Gasteiger partial charge is 0.338 e. The van der Waals surface area contributed by atoms with E-state index in [4.69, 9.17) is 4.52 Å². The van der Waals surface area contributed by atoms with Crippen molar-refractivity contribution in [1.82, 2.24) is 24.9 Å². The zero-order valence-electron chi connectivity index (χ0n) is 14.8. The van der Waals surface area contributed by atoms with Crippen LogP contribution >= 0.6 is 11.8 Å². The normalized spacial score (nSPS) is 10.9. The van der Waals surface area contributed by atoms with E-state index in [1.165, 1.54) is 23.9 Å². The van der Waals surface area contributed by atoms with Gasteiger partial charge in [0.05, 0.1) is 5.75 Å². The van der Waals surface area contributed by atoms with Crippen molar-refractivity contribution in [3.05, 3.63) is 79.0 Å². The van der Waals surface area contributed by atoms with Gasteiger partial charge in [0.15, 0.2) is 11.0 Å². The van der Waals surface area contributed by atoms with E-state index in [1.54, 1.807) is 18.2 Å². The molecule has 0 amide bonds. The number of allylic oxidation sites excluding steroid dienone is 1. The molecule has 0 aliphatic heterocycles. The van der Waals surface area contributed by atoms with Gasteiger partial charge in [-0.15, -0.1) is 16.8 Å². The van der Waals surface area contributed by atoms with Crippen LogP contribution in [0.3, 0.4) is 0 Å². The fourth-order valence-corrected chi connectivity index (χ4v) is 3.43. The summed E-state index contributed by atoms with van der Waals surface area (Å²) in [5.74, 6) is 1.87. The molecule has 6 nitrogen and oxygen atoms in total. The molecule has 2 aromatic heterocycles. The first-order chi connectivity index (χ1) is 13.7. The maximum Gasteiger partial charge on any atom is 0.237 e. The molecule has 2 aromatic carbocycles. The molecule has 0 aliphatic carbocycles. The quantitative estimate of drug-likeness (QED) is 0.337. The van der Waals surface area contributed by atoms with Gasteiger partial charge in [-0.25, -0.2) is 4.39 Å². The molecule has 0 bridgehead atoms. The zero-order valence-corrected chi connectivity index (χ0v) is 15.6. The van der Waals surface area contributed by atoms with E-state index < -0.39 is 0 Å². The van der Waals surface area contributed by atoms with Gasteiger partial charge in [0, 0.05) is 17.7 Å². The average Bonchev–Trinajstić information content (AvgIpc) is 3.35. The van der Waals surface area contributed by atoms with E-state index in [9.17, 15) is 4.39 Å². The first-order valence-corrected chi connectivity index (χ1v) is 9.54. The molecule has 0 aliphatic rings. The Bertz CT molecular complexity index is 1080. The molecule has 0 saturated carbocycles. The Morgan fingerprint density at radius 3 is 2.57 bits per heavy atom. The molecule has 8 heteroatoms. The minimum atomic E-state index is -0.293. The van der Waals surface area contributed by atoms with Gasteiger partial charge in [0.2, 0.25) is 11.7 Å². The Morgan fingerprint density at radius 1 is 1.04 bits per heavy atom. The molecule has 4 rings (SSSR count). The van der Waals surface area contributed by atoms with Crippen molar-refractivity contribution in [2.75, 3.05) is 0 Å². The molecule has 2 heterocycles. The van der Waals surface area contributed by atoms with E-state index in [1.807, 2.05) is 34.9 Å². The van der Waals surface area contributed by atoms with Crippen molar-refractivity contribution in [3.63, 3.8) is 0 Å². The van der Waals surface area contributed by atoms with Crippen LogP contribution in [0.15, 0.2) is 76.9 Å². The molecule has 0 saturated heterocycles. The standard InChI is InChI=1S/C20H16FN5OS/c1-2-12-26-19(15-8-10-16(21)11-9-15)23-24-20(26)28-13-17-22-18(25-27-17)14-6-4-3-5-7-14/h2-11H,1,12-13H2. The molecule has 4 aromatic rings. The maximum absolute atomic E-state index is 13.2. The SMILES string of the molecule is C=CCn1c(SCc2nc(-c3ccccc3)no2)nnc1-c1ccc(F)cc1. The molecule has 0 atom stereocenters. The van der Waals surface area contributed by atoms with Crippen molar-refractivity contribution in [2.24, 2.45) is 0 Å². The lowest BCUT2D eigenvalue weighted by atomic mass is 10.2. The van der Waals surface area contributed by atoms with Crippen LogP contribution in [0.5, 0.6) is 0 Å². The van der Waals surface area contributed by atoms with Gasteiger partial charge in [0.25, 0.3) is 0 Å². The smallest absolute Gasteiger partial charge is 0.237 e. The molecular formula is C20H16FN5OS. The van der Waals surface area contributed by atoms with Crippen molar-refractivity contribution in [1.29, 1.82) is 0 Å². The van der Waals surface area contributed by atoms with Crippen LogP contribution in [0, 0.1) is 5.82 Å². The van der Waals surface area contributed by atoms with Crippen LogP contribution in [0.25, 0.3) is 22.8 Å². The third-order valence-corrected chi connectivity index (χ3v) is 4.91. The highest BCUT2D eigenvalue weighted by Crippen LogP contribution is 2.27. The Hall–Kier alpha value is -3.26. The topological polar surface area (TPSA) is 69.6 Å². The molecule has 0 unspecified atom stereocenters. The summed E-state index contributed by atoms with van der Waals surface area (Å²) in [6.45, 7) is 4.32. The van der Waals surface area contributed by atoms with Crippen LogP contribution < -0.4 is 0 Å². The zero-order chi connectivity index (χ0) is 19.3. The fourth-order valence-electron chi connectivity index (χ4n) is 2.65. The third kappa shape index (κ3) is 3.86. The Morgan fingerprint density at radius 2 is 1.82 bits per heavy atom. The minimum absolute atomic E-state index is 0.293. The summed E-state index contributed by atoms with van der Waals surface area (Å²) >= 11 is 1.44. The second kappa shape index (κ2) is 8.18. The summed E-state index contributed by atoms with van der Waals surface area (Å²) in [6.07, 6.45) is 1.76. The first-order valence-electron chi connectivity index (χ1n) is 8.55. The second-order valence-corrected chi connectivity index (χ2v) is 6.82. The summed E-state index contributed by atoms with van der Waals surface area (Å²) in [4.78, 5) is 4.43. The summed E-state index contributed by atoms with van der Waals surface area (Å²) in [7, 11) is 0. The van der Waals surface area contributed by atoms with Crippen LogP contribution in [0.1, 0.15) is 5.89 Å². The van der Waals surface area contributed by atoms with Crippen LogP contribution in [-0.2, 0) is 12.3 Å². The molecule has 28 heavy (non-hydrogen) atoms. The predicted molar refractivity (Wildman–Crippen MR) is 105 cm³/mol. The number of aromatic nitrogens is 5. The van der Waals surface area contributed by atoms with E-state index in [0.717, 1.165) is 11.1 Å². The number of benzene rings is 2. The van der Waals surface area contributed by atoms with Crippen molar-refractivity contribution in [2.45, 2.75) is 17.5 Å². The number of halogens is 1. The van der Waals surface area contributed by atoms with E-state index in [2.05, 4.69) is 26.9 Å². The summed E-state index contributed by atoms with van der Waals surface area (Å²) in [6, 6.07) is 15.8. The molecular weight excluding hydrogens is 377 g/mol. The van der Waals surface area contributed by atoms with Crippen molar-refractivity contribution < 1.29 is 8.91 Å². The van der Waals surface area contributed by atoms with Crippen molar-refractivity contribution >= 4 is 11.8 Å². The molecule has 0 N–H and O–H groups in total. The summed E-state index contributed by atoms with van der Waals surface area (Å²) in [5, 5.41) is 13.2. The van der Waals surface area contributed by atoms with E-state index in [0.29, 0.717) is 35.0 Å².